The van der Waals surface area contributed by atoms with Crippen molar-refractivity contribution >= 4 is 21.7 Å². The summed E-state index contributed by atoms with van der Waals surface area (Å²) in [6.45, 7) is 0. The van der Waals surface area contributed by atoms with Gasteiger partial charge in [0.1, 0.15) is 10.7 Å². The van der Waals surface area contributed by atoms with Crippen molar-refractivity contribution in [3.05, 3.63) is 40.8 Å². The van der Waals surface area contributed by atoms with Crippen molar-refractivity contribution in [3.63, 3.8) is 0 Å². The third-order valence-electron chi connectivity index (χ3n) is 2.11. The molecule has 0 bridgehead atoms. The van der Waals surface area contributed by atoms with E-state index in [-0.39, 0.29) is 10.7 Å². The second kappa shape index (κ2) is 5.04. The van der Waals surface area contributed by atoms with E-state index < -0.39 is 15.6 Å². The Balaban J connectivity index is 2.26. The largest absolute Gasteiger partial charge is 0.308 e. The molecule has 0 aromatic carbocycles. The maximum Gasteiger partial charge on any atom is 0.264 e. The molecule has 0 atom stereocenters. The number of rotatable bonds is 4. The summed E-state index contributed by atoms with van der Waals surface area (Å²) in [5, 5.41) is 5.66. The first-order valence-electron chi connectivity index (χ1n) is 5.02. The minimum atomic E-state index is -3.82. The Hall–Kier alpha value is -2.46. The molecule has 0 radical (unpaired) electrons. The van der Waals surface area contributed by atoms with Crippen LogP contribution in [0.25, 0.3) is 0 Å². The molecule has 100 valence electrons. The number of aromatic nitrogens is 3. The molecule has 0 amide bonds. The normalized spacial score (nSPS) is 11.0. The van der Waals surface area contributed by atoms with Gasteiger partial charge in [-0.2, -0.15) is 5.10 Å². The van der Waals surface area contributed by atoms with Gasteiger partial charge in [-0.05, 0) is 18.2 Å². The third kappa shape index (κ3) is 3.05. The topological polar surface area (TPSA) is 143 Å². The minimum absolute atomic E-state index is 0.000580. The molecule has 0 fully saturated rings. The van der Waals surface area contributed by atoms with Crippen LogP contribution in [0.15, 0.2) is 40.2 Å². The maximum atomic E-state index is 12.0. The molecule has 9 nitrogen and oxygen atoms in total. The zero-order chi connectivity index (χ0) is 13.9. The molecule has 10 heteroatoms. The van der Waals surface area contributed by atoms with Crippen molar-refractivity contribution in [2.75, 3.05) is 10.1 Å². The van der Waals surface area contributed by atoms with Gasteiger partial charge in [-0.1, -0.05) is 0 Å². The van der Waals surface area contributed by atoms with Crippen molar-refractivity contribution in [1.82, 2.24) is 15.2 Å². The molecule has 0 unspecified atom stereocenters. The van der Waals surface area contributed by atoms with Gasteiger partial charge in [-0.3, -0.25) is 9.52 Å². The molecule has 0 saturated heterocycles. The number of aromatic amines is 1. The quantitative estimate of drug-likeness (QED) is 0.426. The fraction of sp³-hybridized carbons (Fsp3) is 0. The Bertz CT molecular complexity index is 704. The second-order valence-corrected chi connectivity index (χ2v) is 5.12. The Labute approximate surface area is 107 Å². The average molecular weight is 282 g/mol. The predicted octanol–water partition coefficient (Wildman–Crippen LogP) is -0.749. The standard InChI is InChI=1S/C9H10N6O3S/c10-12-7-2-1-6(5-11-7)19(17,18)15-8-3-4-9(16)14-13-8/h1-5H,10H2,(H,11,12)(H,13,15)(H,14,16). The van der Waals surface area contributed by atoms with Crippen LogP contribution in [0.3, 0.4) is 0 Å². The second-order valence-electron chi connectivity index (χ2n) is 3.44. The molecule has 19 heavy (non-hydrogen) atoms. The first-order valence-corrected chi connectivity index (χ1v) is 6.51. The van der Waals surface area contributed by atoms with Crippen molar-refractivity contribution in [1.29, 1.82) is 0 Å². The molecule has 0 aliphatic heterocycles. The van der Waals surface area contributed by atoms with Crippen LogP contribution in [0.1, 0.15) is 0 Å². The Morgan fingerprint density at radius 3 is 2.42 bits per heavy atom. The lowest BCUT2D eigenvalue weighted by atomic mass is 10.5. The number of anilines is 2. The van der Waals surface area contributed by atoms with Gasteiger partial charge in [0.05, 0.1) is 0 Å². The van der Waals surface area contributed by atoms with E-state index in [1.807, 2.05) is 0 Å². The number of sulfonamides is 1. The Morgan fingerprint density at radius 1 is 1.16 bits per heavy atom. The van der Waals surface area contributed by atoms with Crippen molar-refractivity contribution < 1.29 is 8.42 Å². The van der Waals surface area contributed by atoms with Crippen LogP contribution in [-0.2, 0) is 10.0 Å². The number of nitrogens with two attached hydrogens (primary N) is 1. The summed E-state index contributed by atoms with van der Waals surface area (Å²) in [5.41, 5.74) is 1.86. The first kappa shape index (κ1) is 13.0. The first-order chi connectivity index (χ1) is 9.01. The van der Waals surface area contributed by atoms with E-state index in [0.29, 0.717) is 5.82 Å². The van der Waals surface area contributed by atoms with Crippen LogP contribution < -0.4 is 21.5 Å². The highest BCUT2D eigenvalue weighted by Crippen LogP contribution is 2.13. The molecule has 0 aliphatic rings. The highest BCUT2D eigenvalue weighted by atomic mass is 32.2. The lowest BCUT2D eigenvalue weighted by Gasteiger charge is -2.06. The molecule has 0 aliphatic carbocycles. The van der Waals surface area contributed by atoms with E-state index in [2.05, 4.69) is 25.3 Å². The lowest BCUT2D eigenvalue weighted by Crippen LogP contribution is -2.17. The van der Waals surface area contributed by atoms with Gasteiger partial charge in [0.2, 0.25) is 0 Å². The van der Waals surface area contributed by atoms with Crippen LogP contribution in [0.4, 0.5) is 11.6 Å². The molecular formula is C9H10N6O3S. The van der Waals surface area contributed by atoms with Crippen LogP contribution >= 0.6 is 0 Å². The lowest BCUT2D eigenvalue weighted by molar-refractivity contribution is 0.600. The Kier molecular flexibility index (Phi) is 3.44. The highest BCUT2D eigenvalue weighted by molar-refractivity contribution is 7.92. The molecule has 0 saturated carbocycles. The SMILES string of the molecule is NNc1ccc(S(=O)(=O)Nc2ccc(=O)[nH]n2)cn1. The molecule has 0 spiro atoms. The summed E-state index contributed by atoms with van der Waals surface area (Å²) >= 11 is 0. The van der Waals surface area contributed by atoms with E-state index in [1.54, 1.807) is 0 Å². The third-order valence-corrected chi connectivity index (χ3v) is 3.45. The van der Waals surface area contributed by atoms with Crippen molar-refractivity contribution in [2.45, 2.75) is 4.90 Å². The van der Waals surface area contributed by atoms with Crippen molar-refractivity contribution in [2.24, 2.45) is 5.84 Å². The van der Waals surface area contributed by atoms with Crippen LogP contribution in [0, 0.1) is 0 Å². The van der Waals surface area contributed by atoms with Gasteiger partial charge in [-0.15, -0.1) is 0 Å². The molecule has 2 heterocycles. The predicted molar refractivity (Wildman–Crippen MR) is 67.7 cm³/mol. The van der Waals surface area contributed by atoms with Gasteiger partial charge in [0, 0.05) is 12.3 Å². The number of nitrogens with one attached hydrogen (secondary N) is 3. The summed E-state index contributed by atoms with van der Waals surface area (Å²) in [6, 6.07) is 5.15. The van der Waals surface area contributed by atoms with Crippen molar-refractivity contribution in [3.8, 4) is 0 Å². The van der Waals surface area contributed by atoms with E-state index in [9.17, 15) is 13.2 Å². The number of nitrogens with zero attached hydrogens (tertiary/aromatic N) is 2. The molecule has 5 N–H and O–H groups in total. The van der Waals surface area contributed by atoms with E-state index >= 15 is 0 Å². The highest BCUT2D eigenvalue weighted by Gasteiger charge is 2.15. The van der Waals surface area contributed by atoms with Crippen LogP contribution in [0.2, 0.25) is 0 Å². The van der Waals surface area contributed by atoms with Gasteiger partial charge >= 0.3 is 0 Å². The number of H-pyrrole nitrogens is 1. The summed E-state index contributed by atoms with van der Waals surface area (Å²) in [7, 11) is -3.82. The Morgan fingerprint density at radius 2 is 1.89 bits per heavy atom. The molecular weight excluding hydrogens is 272 g/mol. The van der Waals surface area contributed by atoms with Gasteiger partial charge < -0.3 is 5.43 Å². The summed E-state index contributed by atoms with van der Waals surface area (Å²) in [5.74, 6) is 5.46. The number of nitrogen functional groups attached to an aromatic ring is 1. The fourth-order valence-electron chi connectivity index (χ4n) is 1.22. The monoisotopic (exact) mass is 282 g/mol. The molecule has 2 aromatic heterocycles. The number of hydrazine groups is 1. The summed E-state index contributed by atoms with van der Waals surface area (Å²) in [6.07, 6.45) is 1.14. The van der Waals surface area contributed by atoms with Gasteiger partial charge in [0.25, 0.3) is 15.6 Å². The zero-order valence-electron chi connectivity index (χ0n) is 9.49. The van der Waals surface area contributed by atoms with E-state index in [0.717, 1.165) is 12.3 Å². The number of hydrogen-bond acceptors (Lipinski definition) is 7. The average Bonchev–Trinajstić information content (AvgIpc) is 2.41. The molecule has 2 rings (SSSR count). The summed E-state index contributed by atoms with van der Waals surface area (Å²) < 4.78 is 26.1. The van der Waals surface area contributed by atoms with Crippen LogP contribution in [0.5, 0.6) is 0 Å². The smallest absolute Gasteiger partial charge is 0.264 e. The fourth-order valence-corrected chi connectivity index (χ4v) is 2.17. The number of pyridine rings is 1. The van der Waals surface area contributed by atoms with Gasteiger partial charge in [0.15, 0.2) is 5.82 Å². The van der Waals surface area contributed by atoms with E-state index in [1.165, 1.54) is 18.2 Å². The minimum Gasteiger partial charge on any atom is -0.308 e. The molecule has 2 aromatic rings. The number of hydrogen-bond donors (Lipinski definition) is 4. The van der Waals surface area contributed by atoms with E-state index in [4.69, 9.17) is 5.84 Å². The van der Waals surface area contributed by atoms with Gasteiger partial charge in [-0.25, -0.2) is 24.3 Å². The van der Waals surface area contributed by atoms with Crippen LogP contribution in [-0.4, -0.2) is 23.6 Å². The zero-order valence-corrected chi connectivity index (χ0v) is 10.3. The maximum absolute atomic E-state index is 12.0. The summed E-state index contributed by atoms with van der Waals surface area (Å²) in [4.78, 5) is 14.5.